The number of carbonyl (C=O) groups excluding carboxylic acids is 1. The van der Waals surface area contributed by atoms with Crippen LogP contribution in [0.3, 0.4) is 0 Å². The van der Waals surface area contributed by atoms with E-state index in [0.717, 1.165) is 11.5 Å². The van der Waals surface area contributed by atoms with E-state index in [2.05, 4.69) is 22.0 Å². The molecule has 2 heterocycles. The molecule has 0 aliphatic heterocycles. The zero-order chi connectivity index (χ0) is 12.1. The number of hydrogen-bond donors (Lipinski definition) is 1. The lowest BCUT2D eigenvalue weighted by Gasteiger charge is -2.04. The standard InChI is InChI=1S/C12H12N4O/c1-2-12(17)13-9-10-5-3-6-11(15-10)16-8-4-7-14-16/h2-8H,1,9H2,(H,13,17). The van der Waals surface area contributed by atoms with Crippen LogP contribution < -0.4 is 5.32 Å². The molecule has 0 spiro atoms. The summed E-state index contributed by atoms with van der Waals surface area (Å²) < 4.78 is 1.67. The molecule has 5 heteroatoms. The van der Waals surface area contributed by atoms with Crippen LogP contribution in [-0.4, -0.2) is 20.7 Å². The molecule has 17 heavy (non-hydrogen) atoms. The van der Waals surface area contributed by atoms with E-state index in [1.807, 2.05) is 30.5 Å². The zero-order valence-corrected chi connectivity index (χ0v) is 9.21. The van der Waals surface area contributed by atoms with Crippen molar-refractivity contribution in [3.63, 3.8) is 0 Å². The molecule has 86 valence electrons. The number of amides is 1. The van der Waals surface area contributed by atoms with Gasteiger partial charge in [0, 0.05) is 12.4 Å². The second-order valence-corrected chi connectivity index (χ2v) is 3.36. The van der Waals surface area contributed by atoms with Crippen LogP contribution >= 0.6 is 0 Å². The Morgan fingerprint density at radius 3 is 3.06 bits per heavy atom. The van der Waals surface area contributed by atoms with Crippen molar-refractivity contribution in [2.24, 2.45) is 0 Å². The first-order chi connectivity index (χ1) is 8.29. The van der Waals surface area contributed by atoms with Gasteiger partial charge in [-0.25, -0.2) is 9.67 Å². The van der Waals surface area contributed by atoms with E-state index in [9.17, 15) is 4.79 Å². The van der Waals surface area contributed by atoms with Crippen molar-refractivity contribution in [1.29, 1.82) is 0 Å². The molecule has 0 aliphatic rings. The van der Waals surface area contributed by atoms with Gasteiger partial charge < -0.3 is 5.32 Å². The lowest BCUT2D eigenvalue weighted by atomic mass is 10.3. The van der Waals surface area contributed by atoms with Crippen molar-refractivity contribution in [2.45, 2.75) is 6.54 Å². The maximum absolute atomic E-state index is 11.0. The van der Waals surface area contributed by atoms with Gasteiger partial charge in [-0.05, 0) is 24.3 Å². The normalized spacial score (nSPS) is 9.88. The highest BCUT2D eigenvalue weighted by Gasteiger charge is 2.01. The van der Waals surface area contributed by atoms with Crippen LogP contribution in [0.15, 0.2) is 49.3 Å². The first kappa shape index (κ1) is 11.1. The van der Waals surface area contributed by atoms with Gasteiger partial charge in [0.25, 0.3) is 0 Å². The van der Waals surface area contributed by atoms with Crippen LogP contribution in [0.4, 0.5) is 0 Å². The Morgan fingerprint density at radius 1 is 1.47 bits per heavy atom. The van der Waals surface area contributed by atoms with Crippen LogP contribution in [0, 0.1) is 0 Å². The molecule has 0 atom stereocenters. The predicted molar refractivity (Wildman–Crippen MR) is 63.4 cm³/mol. The molecule has 1 N–H and O–H groups in total. The molecule has 0 aliphatic carbocycles. The van der Waals surface area contributed by atoms with Gasteiger partial charge in [0.15, 0.2) is 5.82 Å². The molecule has 0 radical (unpaired) electrons. The molecule has 0 saturated heterocycles. The fraction of sp³-hybridized carbons (Fsp3) is 0.0833. The van der Waals surface area contributed by atoms with Crippen molar-refractivity contribution in [2.75, 3.05) is 0 Å². The minimum absolute atomic E-state index is 0.212. The fourth-order valence-corrected chi connectivity index (χ4v) is 1.35. The second-order valence-electron chi connectivity index (χ2n) is 3.36. The third-order valence-corrected chi connectivity index (χ3v) is 2.16. The van der Waals surface area contributed by atoms with Gasteiger partial charge in [0.05, 0.1) is 12.2 Å². The summed E-state index contributed by atoms with van der Waals surface area (Å²) in [6.07, 6.45) is 4.74. The highest BCUT2D eigenvalue weighted by Crippen LogP contribution is 2.04. The Morgan fingerprint density at radius 2 is 2.35 bits per heavy atom. The number of nitrogens with zero attached hydrogens (tertiary/aromatic N) is 3. The van der Waals surface area contributed by atoms with Gasteiger partial charge in [0.2, 0.25) is 5.91 Å². The van der Waals surface area contributed by atoms with Gasteiger partial charge >= 0.3 is 0 Å². The molecule has 1 amide bonds. The van der Waals surface area contributed by atoms with Crippen molar-refractivity contribution in [3.05, 3.63) is 55.0 Å². The molecule has 2 aromatic heterocycles. The van der Waals surface area contributed by atoms with Crippen LogP contribution in [0.25, 0.3) is 5.82 Å². The van der Waals surface area contributed by atoms with Crippen LogP contribution in [0.1, 0.15) is 5.69 Å². The Kier molecular flexibility index (Phi) is 3.30. The summed E-state index contributed by atoms with van der Waals surface area (Å²) in [5, 5.41) is 6.76. The van der Waals surface area contributed by atoms with Crippen molar-refractivity contribution < 1.29 is 4.79 Å². The van der Waals surface area contributed by atoms with E-state index >= 15 is 0 Å². The minimum atomic E-state index is -0.212. The van der Waals surface area contributed by atoms with Crippen molar-refractivity contribution >= 4 is 5.91 Å². The Bertz CT molecular complexity index is 519. The highest BCUT2D eigenvalue weighted by molar-refractivity contribution is 5.86. The number of pyridine rings is 1. The summed E-state index contributed by atoms with van der Waals surface area (Å²) in [5.74, 6) is 0.511. The highest BCUT2D eigenvalue weighted by atomic mass is 16.1. The maximum Gasteiger partial charge on any atom is 0.243 e. The van der Waals surface area contributed by atoms with E-state index in [1.54, 1.807) is 10.9 Å². The van der Waals surface area contributed by atoms with E-state index in [-0.39, 0.29) is 5.91 Å². The lowest BCUT2D eigenvalue weighted by molar-refractivity contribution is -0.116. The summed E-state index contributed by atoms with van der Waals surface area (Å²) >= 11 is 0. The largest absolute Gasteiger partial charge is 0.347 e. The Balaban J connectivity index is 2.12. The average Bonchev–Trinajstić information content (AvgIpc) is 2.90. The Hall–Kier alpha value is -2.43. The minimum Gasteiger partial charge on any atom is -0.347 e. The van der Waals surface area contributed by atoms with Crippen LogP contribution in [0.5, 0.6) is 0 Å². The molecule has 0 bridgehead atoms. The molecule has 2 aromatic rings. The maximum atomic E-state index is 11.0. The smallest absolute Gasteiger partial charge is 0.243 e. The SMILES string of the molecule is C=CC(=O)NCc1cccc(-n2cccn2)n1. The number of aromatic nitrogens is 3. The molecule has 0 unspecified atom stereocenters. The predicted octanol–water partition coefficient (Wildman–Crippen LogP) is 1.07. The van der Waals surface area contributed by atoms with Gasteiger partial charge in [0.1, 0.15) is 0 Å². The quantitative estimate of drug-likeness (QED) is 0.796. The van der Waals surface area contributed by atoms with Gasteiger partial charge in [-0.3, -0.25) is 4.79 Å². The Labute approximate surface area is 98.8 Å². The molecule has 0 fully saturated rings. The molecule has 5 nitrogen and oxygen atoms in total. The van der Waals surface area contributed by atoms with Gasteiger partial charge in [-0.15, -0.1) is 0 Å². The zero-order valence-electron chi connectivity index (χ0n) is 9.21. The van der Waals surface area contributed by atoms with E-state index in [4.69, 9.17) is 0 Å². The second kappa shape index (κ2) is 5.07. The van der Waals surface area contributed by atoms with E-state index in [0.29, 0.717) is 6.54 Å². The third kappa shape index (κ3) is 2.78. The topological polar surface area (TPSA) is 59.8 Å². The average molecular weight is 228 g/mol. The lowest BCUT2D eigenvalue weighted by Crippen LogP contribution is -2.20. The summed E-state index contributed by atoms with van der Waals surface area (Å²) in [6, 6.07) is 7.40. The molecule has 2 rings (SSSR count). The number of carbonyl (C=O) groups is 1. The first-order valence-corrected chi connectivity index (χ1v) is 5.16. The fourth-order valence-electron chi connectivity index (χ4n) is 1.35. The summed E-state index contributed by atoms with van der Waals surface area (Å²) in [4.78, 5) is 15.4. The summed E-state index contributed by atoms with van der Waals surface area (Å²) in [5.41, 5.74) is 0.771. The van der Waals surface area contributed by atoms with E-state index < -0.39 is 0 Å². The molecule has 0 saturated carbocycles. The van der Waals surface area contributed by atoms with Crippen molar-refractivity contribution in [3.8, 4) is 5.82 Å². The van der Waals surface area contributed by atoms with E-state index in [1.165, 1.54) is 6.08 Å². The van der Waals surface area contributed by atoms with Gasteiger partial charge in [-0.2, -0.15) is 5.10 Å². The number of hydrogen-bond acceptors (Lipinski definition) is 3. The summed E-state index contributed by atoms with van der Waals surface area (Å²) in [6.45, 7) is 3.76. The molecular weight excluding hydrogens is 216 g/mol. The van der Waals surface area contributed by atoms with Crippen molar-refractivity contribution in [1.82, 2.24) is 20.1 Å². The molecule has 0 aromatic carbocycles. The number of nitrogens with one attached hydrogen (secondary N) is 1. The van der Waals surface area contributed by atoms with Gasteiger partial charge in [-0.1, -0.05) is 12.6 Å². The van der Waals surface area contributed by atoms with Crippen LogP contribution in [0.2, 0.25) is 0 Å². The molecular formula is C12H12N4O. The van der Waals surface area contributed by atoms with Crippen LogP contribution in [-0.2, 0) is 11.3 Å². The summed E-state index contributed by atoms with van der Waals surface area (Å²) in [7, 11) is 0. The third-order valence-electron chi connectivity index (χ3n) is 2.16. The first-order valence-electron chi connectivity index (χ1n) is 5.16. The number of rotatable bonds is 4. The monoisotopic (exact) mass is 228 g/mol.